The molecule has 3 fully saturated rings. The third-order valence-corrected chi connectivity index (χ3v) is 6.14. The summed E-state index contributed by atoms with van der Waals surface area (Å²) in [6.45, 7) is 1.74. The van der Waals surface area contributed by atoms with Gasteiger partial charge in [0.15, 0.2) is 0 Å². The molecular weight excluding hydrogens is 234 g/mol. The Morgan fingerprint density at radius 3 is 2.26 bits per heavy atom. The van der Waals surface area contributed by atoms with Gasteiger partial charge in [-0.1, -0.05) is 36.8 Å². The molecule has 1 aromatic carbocycles. The van der Waals surface area contributed by atoms with Gasteiger partial charge in [-0.25, -0.2) is 0 Å². The highest BCUT2D eigenvalue weighted by Gasteiger charge is 2.72. The largest absolute Gasteiger partial charge is 0.381 e. The SMILES string of the molecule is NC1(C2(c3ccccc3)CCOCC2)C2CCCC21. The van der Waals surface area contributed by atoms with Gasteiger partial charge in [-0.2, -0.15) is 0 Å². The summed E-state index contributed by atoms with van der Waals surface area (Å²) < 4.78 is 5.64. The van der Waals surface area contributed by atoms with Crippen molar-refractivity contribution in [3.05, 3.63) is 35.9 Å². The lowest BCUT2D eigenvalue weighted by Crippen LogP contribution is -2.54. The van der Waals surface area contributed by atoms with Crippen molar-refractivity contribution < 1.29 is 4.74 Å². The molecule has 0 radical (unpaired) electrons. The monoisotopic (exact) mass is 257 g/mol. The summed E-state index contributed by atoms with van der Waals surface area (Å²) in [6, 6.07) is 11.0. The predicted octanol–water partition coefficient (Wildman–Crippen LogP) is 2.86. The van der Waals surface area contributed by atoms with Crippen molar-refractivity contribution in [1.82, 2.24) is 0 Å². The van der Waals surface area contributed by atoms with Gasteiger partial charge < -0.3 is 10.5 Å². The minimum Gasteiger partial charge on any atom is -0.381 e. The smallest absolute Gasteiger partial charge is 0.0475 e. The molecular formula is C17H23NO. The molecule has 19 heavy (non-hydrogen) atoms. The molecule has 0 spiro atoms. The molecule has 1 heterocycles. The van der Waals surface area contributed by atoms with Gasteiger partial charge in [-0.15, -0.1) is 0 Å². The normalized spacial score (nSPS) is 39.8. The van der Waals surface area contributed by atoms with Crippen LogP contribution in [0.4, 0.5) is 0 Å². The predicted molar refractivity (Wildman–Crippen MR) is 75.9 cm³/mol. The number of nitrogens with two attached hydrogens (primary N) is 1. The second-order valence-corrected chi connectivity index (χ2v) is 6.64. The summed E-state index contributed by atoms with van der Waals surface area (Å²) in [5.74, 6) is 1.54. The highest BCUT2D eigenvalue weighted by atomic mass is 16.5. The lowest BCUT2D eigenvalue weighted by Gasteiger charge is -2.45. The lowest BCUT2D eigenvalue weighted by molar-refractivity contribution is 0.0294. The molecule has 2 aliphatic carbocycles. The molecule has 102 valence electrons. The number of fused-ring (bicyclic) bond motifs is 1. The molecule has 2 atom stereocenters. The van der Waals surface area contributed by atoms with E-state index < -0.39 is 0 Å². The van der Waals surface area contributed by atoms with E-state index >= 15 is 0 Å². The van der Waals surface area contributed by atoms with Gasteiger partial charge in [0, 0.05) is 24.2 Å². The van der Waals surface area contributed by atoms with Gasteiger partial charge >= 0.3 is 0 Å². The van der Waals surface area contributed by atoms with Gasteiger partial charge in [0.2, 0.25) is 0 Å². The minimum absolute atomic E-state index is 0.0520. The first kappa shape index (κ1) is 11.9. The van der Waals surface area contributed by atoms with E-state index in [0.29, 0.717) is 0 Å². The van der Waals surface area contributed by atoms with E-state index in [1.165, 1.54) is 24.8 Å². The standard InChI is InChI=1S/C17H23NO/c18-17(14-7-4-8-15(14)17)16(9-11-19-12-10-16)13-5-2-1-3-6-13/h1-3,5-6,14-15H,4,7-12,18H2. The first-order chi connectivity index (χ1) is 9.29. The summed E-state index contributed by atoms with van der Waals surface area (Å²) in [6.07, 6.45) is 6.27. The van der Waals surface area contributed by atoms with Crippen molar-refractivity contribution in [3.63, 3.8) is 0 Å². The Labute approximate surface area is 115 Å². The quantitative estimate of drug-likeness (QED) is 0.884. The number of ether oxygens (including phenoxy) is 1. The average Bonchev–Trinajstić information content (AvgIpc) is 2.87. The summed E-state index contributed by atoms with van der Waals surface area (Å²) in [4.78, 5) is 0. The molecule has 2 unspecified atom stereocenters. The summed E-state index contributed by atoms with van der Waals surface area (Å²) >= 11 is 0. The first-order valence-electron chi connectivity index (χ1n) is 7.71. The molecule has 2 N–H and O–H groups in total. The average molecular weight is 257 g/mol. The van der Waals surface area contributed by atoms with Crippen molar-refractivity contribution in [2.45, 2.75) is 43.1 Å². The fourth-order valence-corrected chi connectivity index (χ4v) is 5.16. The van der Waals surface area contributed by atoms with Crippen LogP contribution in [-0.2, 0) is 10.2 Å². The Bertz CT molecular complexity index is 453. The Kier molecular flexibility index (Phi) is 2.55. The second kappa shape index (κ2) is 4.07. The maximum absolute atomic E-state index is 6.98. The Morgan fingerprint density at radius 2 is 1.63 bits per heavy atom. The molecule has 3 aliphatic rings. The van der Waals surface area contributed by atoms with E-state index in [9.17, 15) is 0 Å². The van der Waals surface area contributed by atoms with E-state index in [-0.39, 0.29) is 11.0 Å². The molecule has 0 amide bonds. The van der Waals surface area contributed by atoms with Crippen molar-refractivity contribution in [3.8, 4) is 0 Å². The Morgan fingerprint density at radius 1 is 1.00 bits per heavy atom. The van der Waals surface area contributed by atoms with Gasteiger partial charge in [0.1, 0.15) is 0 Å². The van der Waals surface area contributed by atoms with Crippen LogP contribution in [0.25, 0.3) is 0 Å². The second-order valence-electron chi connectivity index (χ2n) is 6.64. The van der Waals surface area contributed by atoms with Gasteiger partial charge in [0.25, 0.3) is 0 Å². The van der Waals surface area contributed by atoms with Crippen LogP contribution in [0.3, 0.4) is 0 Å². The van der Waals surface area contributed by atoms with E-state index in [1.807, 2.05) is 0 Å². The summed E-state index contributed by atoms with van der Waals surface area (Å²) in [5, 5.41) is 0. The molecule has 1 aromatic rings. The molecule has 1 saturated heterocycles. The minimum atomic E-state index is 0.0520. The molecule has 4 rings (SSSR count). The van der Waals surface area contributed by atoms with Crippen molar-refractivity contribution in [2.24, 2.45) is 17.6 Å². The highest BCUT2D eigenvalue weighted by Crippen LogP contribution is 2.68. The number of hydrogen-bond acceptors (Lipinski definition) is 2. The highest BCUT2D eigenvalue weighted by molar-refractivity contribution is 5.40. The maximum atomic E-state index is 6.98. The zero-order valence-electron chi connectivity index (χ0n) is 11.5. The molecule has 0 bridgehead atoms. The van der Waals surface area contributed by atoms with Crippen LogP contribution in [0.1, 0.15) is 37.7 Å². The molecule has 1 aliphatic heterocycles. The molecule has 2 nitrogen and oxygen atoms in total. The number of benzene rings is 1. The van der Waals surface area contributed by atoms with Gasteiger partial charge in [-0.3, -0.25) is 0 Å². The Balaban J connectivity index is 1.77. The fourth-order valence-electron chi connectivity index (χ4n) is 5.16. The van der Waals surface area contributed by atoms with E-state index in [1.54, 1.807) is 0 Å². The molecule has 2 saturated carbocycles. The topological polar surface area (TPSA) is 35.2 Å². The van der Waals surface area contributed by atoms with Crippen LogP contribution < -0.4 is 5.73 Å². The van der Waals surface area contributed by atoms with Gasteiger partial charge in [0.05, 0.1) is 0 Å². The Hall–Kier alpha value is -0.860. The van der Waals surface area contributed by atoms with Crippen LogP contribution in [0, 0.1) is 11.8 Å². The van der Waals surface area contributed by atoms with E-state index in [4.69, 9.17) is 10.5 Å². The van der Waals surface area contributed by atoms with Crippen LogP contribution in [0.15, 0.2) is 30.3 Å². The maximum Gasteiger partial charge on any atom is 0.0475 e. The summed E-state index contributed by atoms with van der Waals surface area (Å²) in [5.41, 5.74) is 8.66. The number of rotatable bonds is 2. The number of hydrogen-bond donors (Lipinski definition) is 1. The zero-order chi connectivity index (χ0) is 12.9. The zero-order valence-corrected chi connectivity index (χ0v) is 11.5. The van der Waals surface area contributed by atoms with Gasteiger partial charge in [-0.05, 0) is 43.1 Å². The van der Waals surface area contributed by atoms with E-state index in [2.05, 4.69) is 30.3 Å². The van der Waals surface area contributed by atoms with Crippen LogP contribution in [0.5, 0.6) is 0 Å². The first-order valence-corrected chi connectivity index (χ1v) is 7.71. The van der Waals surface area contributed by atoms with Crippen molar-refractivity contribution in [2.75, 3.05) is 13.2 Å². The third-order valence-electron chi connectivity index (χ3n) is 6.14. The van der Waals surface area contributed by atoms with Crippen LogP contribution in [0.2, 0.25) is 0 Å². The van der Waals surface area contributed by atoms with Crippen LogP contribution in [-0.4, -0.2) is 18.8 Å². The van der Waals surface area contributed by atoms with Crippen LogP contribution >= 0.6 is 0 Å². The van der Waals surface area contributed by atoms with E-state index in [0.717, 1.165) is 37.9 Å². The van der Waals surface area contributed by atoms with Crippen molar-refractivity contribution >= 4 is 0 Å². The lowest BCUT2D eigenvalue weighted by atomic mass is 9.65. The molecule has 0 aromatic heterocycles. The van der Waals surface area contributed by atoms with Crippen molar-refractivity contribution in [1.29, 1.82) is 0 Å². The fraction of sp³-hybridized carbons (Fsp3) is 0.647. The molecule has 2 heteroatoms. The summed E-state index contributed by atoms with van der Waals surface area (Å²) in [7, 11) is 0. The third kappa shape index (κ3) is 1.45.